The van der Waals surface area contributed by atoms with Crippen molar-refractivity contribution in [2.45, 2.75) is 46.0 Å². The van der Waals surface area contributed by atoms with Crippen LogP contribution in [0.1, 0.15) is 51.8 Å². The van der Waals surface area contributed by atoms with Gasteiger partial charge in [0.2, 0.25) is 0 Å². The monoisotopic (exact) mass is 330 g/mol. The number of aromatic nitrogens is 2. The van der Waals surface area contributed by atoms with E-state index in [1.807, 2.05) is 12.3 Å². The van der Waals surface area contributed by atoms with Gasteiger partial charge in [0.05, 0.1) is 5.69 Å². The quantitative estimate of drug-likeness (QED) is 0.568. The van der Waals surface area contributed by atoms with Crippen molar-refractivity contribution in [2.75, 3.05) is 0 Å². The molecule has 2 heteroatoms. The van der Waals surface area contributed by atoms with Crippen LogP contribution in [0.5, 0.6) is 0 Å². The highest BCUT2D eigenvalue weighted by Gasteiger charge is 2.22. The largest absolute Gasteiger partial charge is 0.236 e. The van der Waals surface area contributed by atoms with Gasteiger partial charge in [-0.05, 0) is 22.6 Å². The minimum Gasteiger partial charge on any atom is -0.236 e. The van der Waals surface area contributed by atoms with Crippen LogP contribution in [0, 0.1) is 0 Å². The van der Waals surface area contributed by atoms with Crippen molar-refractivity contribution in [3.63, 3.8) is 0 Å². The molecule has 0 aliphatic rings. The molecular formula is C23H26N2. The van der Waals surface area contributed by atoms with Crippen LogP contribution in [0.3, 0.4) is 0 Å². The fraction of sp³-hybridized carbons (Fsp3) is 0.304. The van der Waals surface area contributed by atoms with Crippen LogP contribution in [0.25, 0.3) is 22.5 Å². The zero-order chi connectivity index (χ0) is 18.0. The molecule has 0 bridgehead atoms. The maximum Gasteiger partial charge on any atom is 0.159 e. The lowest BCUT2D eigenvalue weighted by Gasteiger charge is -2.23. The molecule has 1 heterocycles. The molecule has 0 amide bonds. The molecule has 0 saturated heterocycles. The Hall–Kier alpha value is -2.48. The summed E-state index contributed by atoms with van der Waals surface area (Å²) in [7, 11) is 0. The SMILES string of the molecule is CC(C)c1cnc(-c2ccc(-c3ccccc3)cc2)nc1C(C)(C)C. The molecule has 25 heavy (non-hydrogen) atoms. The van der Waals surface area contributed by atoms with E-state index in [2.05, 4.69) is 88.1 Å². The van der Waals surface area contributed by atoms with Gasteiger partial charge in [0.1, 0.15) is 0 Å². The van der Waals surface area contributed by atoms with E-state index in [4.69, 9.17) is 4.98 Å². The molecule has 0 aliphatic carbocycles. The van der Waals surface area contributed by atoms with E-state index >= 15 is 0 Å². The summed E-state index contributed by atoms with van der Waals surface area (Å²) in [5.74, 6) is 1.22. The van der Waals surface area contributed by atoms with Crippen molar-refractivity contribution in [3.05, 3.63) is 72.1 Å². The van der Waals surface area contributed by atoms with E-state index in [9.17, 15) is 0 Å². The molecule has 0 saturated carbocycles. The molecule has 2 nitrogen and oxygen atoms in total. The third-order valence-corrected chi connectivity index (χ3v) is 4.40. The third-order valence-electron chi connectivity index (χ3n) is 4.40. The molecule has 0 unspecified atom stereocenters. The van der Waals surface area contributed by atoms with E-state index < -0.39 is 0 Å². The Bertz CT molecular complexity index is 842. The van der Waals surface area contributed by atoms with Crippen LogP contribution in [-0.2, 0) is 5.41 Å². The average molecular weight is 330 g/mol. The normalized spacial score (nSPS) is 11.8. The van der Waals surface area contributed by atoms with Crippen molar-refractivity contribution in [1.82, 2.24) is 9.97 Å². The third kappa shape index (κ3) is 3.79. The molecule has 3 rings (SSSR count). The summed E-state index contributed by atoms with van der Waals surface area (Å²) in [4.78, 5) is 9.56. The molecule has 128 valence electrons. The first kappa shape index (κ1) is 17.3. The molecule has 2 aromatic carbocycles. The molecule has 0 radical (unpaired) electrons. The average Bonchev–Trinajstić information content (AvgIpc) is 2.61. The van der Waals surface area contributed by atoms with Crippen molar-refractivity contribution < 1.29 is 0 Å². The first-order valence-corrected chi connectivity index (χ1v) is 8.89. The summed E-state index contributed by atoms with van der Waals surface area (Å²) in [6, 6.07) is 18.9. The summed E-state index contributed by atoms with van der Waals surface area (Å²) < 4.78 is 0. The van der Waals surface area contributed by atoms with Gasteiger partial charge in [-0.2, -0.15) is 0 Å². The zero-order valence-corrected chi connectivity index (χ0v) is 15.7. The number of hydrogen-bond donors (Lipinski definition) is 0. The lowest BCUT2D eigenvalue weighted by atomic mass is 9.85. The van der Waals surface area contributed by atoms with Crippen LogP contribution < -0.4 is 0 Å². The molecule has 0 atom stereocenters. The van der Waals surface area contributed by atoms with Crippen molar-refractivity contribution in [2.24, 2.45) is 0 Å². The second kappa shape index (κ2) is 6.79. The van der Waals surface area contributed by atoms with Crippen LogP contribution >= 0.6 is 0 Å². The molecule has 1 aromatic heterocycles. The number of nitrogens with zero attached hydrogens (tertiary/aromatic N) is 2. The summed E-state index contributed by atoms with van der Waals surface area (Å²) in [5.41, 5.74) is 5.86. The van der Waals surface area contributed by atoms with Gasteiger partial charge >= 0.3 is 0 Å². The van der Waals surface area contributed by atoms with E-state index in [-0.39, 0.29) is 5.41 Å². The Balaban J connectivity index is 1.99. The molecule has 0 spiro atoms. The first-order chi connectivity index (χ1) is 11.9. The lowest BCUT2D eigenvalue weighted by Crippen LogP contribution is -2.18. The van der Waals surface area contributed by atoms with E-state index in [1.165, 1.54) is 16.7 Å². The maximum atomic E-state index is 4.93. The first-order valence-electron chi connectivity index (χ1n) is 8.89. The van der Waals surface area contributed by atoms with Gasteiger partial charge < -0.3 is 0 Å². The van der Waals surface area contributed by atoms with Crippen LogP contribution in [0.4, 0.5) is 0 Å². The Morgan fingerprint density at radius 2 is 1.32 bits per heavy atom. The molecule has 0 aliphatic heterocycles. The zero-order valence-electron chi connectivity index (χ0n) is 15.7. The topological polar surface area (TPSA) is 25.8 Å². The van der Waals surface area contributed by atoms with Crippen molar-refractivity contribution >= 4 is 0 Å². The fourth-order valence-corrected chi connectivity index (χ4v) is 3.00. The van der Waals surface area contributed by atoms with Gasteiger partial charge in [0, 0.05) is 17.2 Å². The highest BCUT2D eigenvalue weighted by atomic mass is 14.9. The standard InChI is InChI=1S/C23H26N2/c1-16(2)20-15-24-22(25-21(20)23(3,4)5)19-13-11-18(12-14-19)17-9-7-6-8-10-17/h6-16H,1-5H3. The molecule has 0 fully saturated rings. The second-order valence-corrected chi connectivity index (χ2v) is 7.85. The predicted molar refractivity (Wildman–Crippen MR) is 106 cm³/mol. The van der Waals surface area contributed by atoms with Gasteiger partial charge in [-0.3, -0.25) is 0 Å². The Morgan fingerprint density at radius 1 is 0.760 bits per heavy atom. The second-order valence-electron chi connectivity index (χ2n) is 7.85. The smallest absolute Gasteiger partial charge is 0.159 e. The fourth-order valence-electron chi connectivity index (χ4n) is 3.00. The minimum absolute atomic E-state index is 0.00126. The summed E-state index contributed by atoms with van der Waals surface area (Å²) in [6.45, 7) is 11.0. The summed E-state index contributed by atoms with van der Waals surface area (Å²) in [6.07, 6.45) is 2.00. The van der Waals surface area contributed by atoms with Gasteiger partial charge in [-0.1, -0.05) is 89.2 Å². The number of benzene rings is 2. The number of rotatable bonds is 3. The van der Waals surface area contributed by atoms with Crippen molar-refractivity contribution in [1.29, 1.82) is 0 Å². The molecule has 0 N–H and O–H groups in total. The van der Waals surface area contributed by atoms with Crippen LogP contribution in [0.2, 0.25) is 0 Å². The summed E-state index contributed by atoms with van der Waals surface area (Å²) >= 11 is 0. The predicted octanol–water partition coefficient (Wildman–Crippen LogP) is 6.23. The van der Waals surface area contributed by atoms with Crippen LogP contribution in [-0.4, -0.2) is 9.97 Å². The van der Waals surface area contributed by atoms with Gasteiger partial charge in [0.25, 0.3) is 0 Å². The Kier molecular flexibility index (Phi) is 4.71. The van der Waals surface area contributed by atoms with Gasteiger partial charge in [0.15, 0.2) is 5.82 Å². The lowest BCUT2D eigenvalue weighted by molar-refractivity contribution is 0.553. The van der Waals surface area contributed by atoms with Gasteiger partial charge in [-0.15, -0.1) is 0 Å². The highest BCUT2D eigenvalue weighted by Crippen LogP contribution is 2.30. The summed E-state index contributed by atoms with van der Waals surface area (Å²) in [5, 5.41) is 0. The van der Waals surface area contributed by atoms with E-state index in [0.717, 1.165) is 17.1 Å². The number of hydrogen-bond acceptors (Lipinski definition) is 2. The van der Waals surface area contributed by atoms with E-state index in [1.54, 1.807) is 0 Å². The molecular weight excluding hydrogens is 304 g/mol. The van der Waals surface area contributed by atoms with E-state index in [0.29, 0.717) is 5.92 Å². The van der Waals surface area contributed by atoms with Gasteiger partial charge in [-0.25, -0.2) is 9.97 Å². The molecule has 3 aromatic rings. The minimum atomic E-state index is 0.00126. The van der Waals surface area contributed by atoms with Crippen molar-refractivity contribution in [3.8, 4) is 22.5 Å². The van der Waals surface area contributed by atoms with Crippen LogP contribution in [0.15, 0.2) is 60.8 Å². The Morgan fingerprint density at radius 3 is 1.88 bits per heavy atom. The highest BCUT2D eigenvalue weighted by molar-refractivity contribution is 5.67. The Labute approximate surface area is 151 Å². The maximum absolute atomic E-state index is 4.93.